The number of nitrogens with one attached hydrogen (secondary N) is 1. The second kappa shape index (κ2) is 4.64. The van der Waals surface area contributed by atoms with E-state index in [2.05, 4.69) is 15.3 Å². The van der Waals surface area contributed by atoms with Gasteiger partial charge in [0.1, 0.15) is 22.4 Å². The topological polar surface area (TPSA) is 67.3 Å². The van der Waals surface area contributed by atoms with Crippen LogP contribution in [0.3, 0.4) is 0 Å². The molecule has 2 N–H and O–H groups in total. The van der Waals surface area contributed by atoms with E-state index in [0.29, 0.717) is 43.1 Å². The highest BCUT2D eigenvalue weighted by molar-refractivity contribution is 6.29. The molecule has 0 radical (unpaired) electrons. The van der Waals surface area contributed by atoms with E-state index in [4.69, 9.17) is 16.3 Å². The molecule has 1 atom stereocenters. The average molecular weight is 270 g/mol. The maximum absolute atomic E-state index is 10.1. The van der Waals surface area contributed by atoms with Crippen molar-refractivity contribution in [1.82, 2.24) is 9.97 Å². The summed E-state index contributed by atoms with van der Waals surface area (Å²) in [7, 11) is 0. The van der Waals surface area contributed by atoms with Crippen LogP contribution in [0.1, 0.15) is 31.0 Å². The van der Waals surface area contributed by atoms with E-state index < -0.39 is 5.60 Å². The summed E-state index contributed by atoms with van der Waals surface area (Å²) in [6.07, 6.45) is 2.92. The van der Waals surface area contributed by atoms with Crippen molar-refractivity contribution in [2.24, 2.45) is 0 Å². The third-order valence-corrected chi connectivity index (χ3v) is 3.53. The maximum Gasteiger partial charge on any atom is 0.135 e. The highest BCUT2D eigenvalue weighted by Gasteiger charge is 2.32. The molecular formula is C12H16ClN3O2. The molecule has 1 aliphatic heterocycles. The molecule has 1 aliphatic carbocycles. The molecular weight excluding hydrogens is 254 g/mol. The molecule has 2 fully saturated rings. The van der Waals surface area contributed by atoms with E-state index in [1.165, 1.54) is 0 Å². The van der Waals surface area contributed by atoms with Gasteiger partial charge in [0.05, 0.1) is 6.61 Å². The van der Waals surface area contributed by atoms with E-state index in [1.807, 2.05) is 0 Å². The van der Waals surface area contributed by atoms with Crippen LogP contribution in [0.2, 0.25) is 5.15 Å². The Morgan fingerprint density at radius 1 is 1.50 bits per heavy atom. The molecule has 1 aromatic rings. The molecule has 1 aromatic heterocycles. The minimum atomic E-state index is -0.794. The molecule has 3 rings (SSSR count). The SMILES string of the molecule is OC1(CNc2cc(Cl)nc(C3CC3)n2)CCOC1. The van der Waals surface area contributed by atoms with Gasteiger partial charge in [0.2, 0.25) is 0 Å². The van der Waals surface area contributed by atoms with Crippen LogP contribution < -0.4 is 5.32 Å². The van der Waals surface area contributed by atoms with E-state index in [-0.39, 0.29) is 0 Å². The summed E-state index contributed by atoms with van der Waals surface area (Å²) in [5.41, 5.74) is -0.794. The molecule has 98 valence electrons. The van der Waals surface area contributed by atoms with Crippen molar-refractivity contribution in [3.8, 4) is 0 Å². The smallest absolute Gasteiger partial charge is 0.135 e. The summed E-state index contributed by atoms with van der Waals surface area (Å²) in [5, 5.41) is 13.7. The molecule has 0 spiro atoms. The summed E-state index contributed by atoms with van der Waals surface area (Å²) < 4.78 is 5.20. The number of hydrogen-bond acceptors (Lipinski definition) is 5. The Morgan fingerprint density at radius 3 is 3.00 bits per heavy atom. The van der Waals surface area contributed by atoms with Gasteiger partial charge in [-0.2, -0.15) is 0 Å². The number of aromatic nitrogens is 2. The Kier molecular flexibility index (Phi) is 3.13. The molecule has 6 heteroatoms. The van der Waals surface area contributed by atoms with Crippen molar-refractivity contribution < 1.29 is 9.84 Å². The zero-order valence-corrected chi connectivity index (χ0v) is 10.8. The van der Waals surface area contributed by atoms with Crippen LogP contribution in [0.5, 0.6) is 0 Å². The fourth-order valence-corrected chi connectivity index (χ4v) is 2.23. The zero-order valence-electron chi connectivity index (χ0n) is 10.0. The molecule has 1 unspecified atom stereocenters. The number of nitrogens with zero attached hydrogens (tertiary/aromatic N) is 2. The summed E-state index contributed by atoms with van der Waals surface area (Å²) in [4.78, 5) is 8.65. The van der Waals surface area contributed by atoms with E-state index in [1.54, 1.807) is 6.07 Å². The van der Waals surface area contributed by atoms with Gasteiger partial charge in [0.15, 0.2) is 0 Å². The number of ether oxygens (including phenoxy) is 1. The Labute approximate surface area is 111 Å². The Morgan fingerprint density at radius 2 is 2.33 bits per heavy atom. The van der Waals surface area contributed by atoms with Crippen LogP contribution in [-0.2, 0) is 4.74 Å². The van der Waals surface area contributed by atoms with Crippen LogP contribution in [0.25, 0.3) is 0 Å². The quantitative estimate of drug-likeness (QED) is 0.812. The lowest BCUT2D eigenvalue weighted by atomic mass is 10.0. The van der Waals surface area contributed by atoms with Gasteiger partial charge in [0.25, 0.3) is 0 Å². The normalized spacial score (nSPS) is 27.4. The first kappa shape index (κ1) is 12.1. The standard InChI is InChI=1S/C12H16ClN3O2/c13-9-5-10(16-11(15-9)8-1-2-8)14-6-12(17)3-4-18-7-12/h5,8,17H,1-4,6-7H2,(H,14,15,16). The lowest BCUT2D eigenvalue weighted by molar-refractivity contribution is 0.0381. The minimum Gasteiger partial charge on any atom is -0.386 e. The van der Waals surface area contributed by atoms with Crippen LogP contribution in [0, 0.1) is 0 Å². The van der Waals surface area contributed by atoms with Crippen molar-refractivity contribution >= 4 is 17.4 Å². The predicted molar refractivity (Wildman–Crippen MR) is 67.9 cm³/mol. The summed E-state index contributed by atoms with van der Waals surface area (Å²) >= 11 is 5.97. The molecule has 2 heterocycles. The maximum atomic E-state index is 10.1. The van der Waals surface area contributed by atoms with Gasteiger partial charge >= 0.3 is 0 Å². The van der Waals surface area contributed by atoms with Crippen LogP contribution >= 0.6 is 11.6 Å². The largest absolute Gasteiger partial charge is 0.386 e. The Bertz CT molecular complexity index is 445. The monoisotopic (exact) mass is 269 g/mol. The Hall–Kier alpha value is -0.910. The highest BCUT2D eigenvalue weighted by Crippen LogP contribution is 2.38. The minimum absolute atomic E-state index is 0.369. The molecule has 2 aliphatic rings. The molecule has 0 bridgehead atoms. The van der Waals surface area contributed by atoms with Gasteiger partial charge in [-0.1, -0.05) is 11.6 Å². The summed E-state index contributed by atoms with van der Waals surface area (Å²) in [5.74, 6) is 1.94. The molecule has 0 amide bonds. The predicted octanol–water partition coefficient (Wildman–Crippen LogP) is 1.57. The highest BCUT2D eigenvalue weighted by atomic mass is 35.5. The van der Waals surface area contributed by atoms with Crippen molar-refractivity contribution in [3.63, 3.8) is 0 Å². The third kappa shape index (κ3) is 2.74. The van der Waals surface area contributed by atoms with Gasteiger partial charge in [-0.3, -0.25) is 0 Å². The van der Waals surface area contributed by atoms with Crippen LogP contribution in [0.15, 0.2) is 6.07 Å². The molecule has 5 nitrogen and oxygen atoms in total. The first-order valence-electron chi connectivity index (χ1n) is 6.23. The third-order valence-electron chi connectivity index (χ3n) is 3.34. The van der Waals surface area contributed by atoms with Gasteiger partial charge in [-0.15, -0.1) is 0 Å². The van der Waals surface area contributed by atoms with Crippen molar-refractivity contribution in [3.05, 3.63) is 17.0 Å². The second-order valence-electron chi connectivity index (χ2n) is 5.09. The average Bonchev–Trinajstić information content (AvgIpc) is 3.10. The lowest BCUT2D eigenvalue weighted by Gasteiger charge is -2.21. The van der Waals surface area contributed by atoms with E-state index in [9.17, 15) is 5.11 Å². The van der Waals surface area contributed by atoms with Gasteiger partial charge in [-0.05, 0) is 12.8 Å². The van der Waals surface area contributed by atoms with Crippen LogP contribution in [0.4, 0.5) is 5.82 Å². The fraction of sp³-hybridized carbons (Fsp3) is 0.667. The van der Waals surface area contributed by atoms with Crippen LogP contribution in [-0.4, -0.2) is 40.4 Å². The van der Waals surface area contributed by atoms with Crippen molar-refractivity contribution in [2.45, 2.75) is 30.8 Å². The van der Waals surface area contributed by atoms with Gasteiger partial charge < -0.3 is 15.2 Å². The van der Waals surface area contributed by atoms with Gasteiger partial charge in [-0.25, -0.2) is 9.97 Å². The summed E-state index contributed by atoms with van der Waals surface area (Å²) in [6, 6.07) is 1.69. The first-order chi connectivity index (χ1) is 8.65. The number of hydrogen-bond donors (Lipinski definition) is 2. The Balaban J connectivity index is 1.68. The van der Waals surface area contributed by atoms with E-state index >= 15 is 0 Å². The summed E-state index contributed by atoms with van der Waals surface area (Å²) in [6.45, 7) is 1.40. The number of rotatable bonds is 4. The lowest BCUT2D eigenvalue weighted by Crippen LogP contribution is -2.37. The molecule has 18 heavy (non-hydrogen) atoms. The number of aliphatic hydroxyl groups is 1. The fourth-order valence-electron chi connectivity index (χ4n) is 2.04. The van der Waals surface area contributed by atoms with Crippen molar-refractivity contribution in [1.29, 1.82) is 0 Å². The van der Waals surface area contributed by atoms with E-state index in [0.717, 1.165) is 18.7 Å². The van der Waals surface area contributed by atoms with Gasteiger partial charge in [0, 0.05) is 31.6 Å². The zero-order chi connectivity index (χ0) is 12.6. The first-order valence-corrected chi connectivity index (χ1v) is 6.61. The number of anilines is 1. The number of halogens is 1. The molecule has 1 saturated carbocycles. The second-order valence-corrected chi connectivity index (χ2v) is 5.48. The molecule has 0 aromatic carbocycles. The van der Waals surface area contributed by atoms with Crippen molar-refractivity contribution in [2.75, 3.05) is 25.1 Å². The molecule has 1 saturated heterocycles.